The van der Waals surface area contributed by atoms with Crippen LogP contribution >= 0.6 is 11.3 Å². The summed E-state index contributed by atoms with van der Waals surface area (Å²) in [5.41, 5.74) is 0.544. The molecule has 0 amide bonds. The maximum atomic E-state index is 12.8. The molecule has 32 heavy (non-hydrogen) atoms. The van der Waals surface area contributed by atoms with Crippen LogP contribution in [0.4, 0.5) is 0 Å². The fraction of sp³-hybridized carbons (Fsp3) is 0.190. The number of rotatable bonds is 8. The van der Waals surface area contributed by atoms with Crippen LogP contribution in [0.2, 0.25) is 0 Å². The second kappa shape index (κ2) is 9.31. The smallest absolute Gasteiger partial charge is 0.251 e. The standard InChI is InChI=1S/C21H20O8S3/c1-27-15-6-4-14(5-7-15)8-9-31(23,24)13-32(25,26)20-12-17-18(29-3)10-16(28-2)11-19(17)30-21(20)22/h4-12H,13H2,1-3H3. The monoisotopic (exact) mass is 496 g/mol. The van der Waals surface area contributed by atoms with Gasteiger partial charge >= 0.3 is 0 Å². The quantitative estimate of drug-likeness (QED) is 0.468. The highest BCUT2D eigenvalue weighted by Crippen LogP contribution is 2.33. The van der Waals surface area contributed by atoms with Gasteiger partial charge in [-0.3, -0.25) is 4.79 Å². The van der Waals surface area contributed by atoms with Crippen LogP contribution in [0.1, 0.15) is 5.56 Å². The van der Waals surface area contributed by atoms with Crippen molar-refractivity contribution in [3.8, 4) is 17.2 Å². The average Bonchev–Trinajstić information content (AvgIpc) is 2.75. The minimum Gasteiger partial charge on any atom is -0.497 e. The summed E-state index contributed by atoms with van der Waals surface area (Å²) < 4.78 is 65.8. The fourth-order valence-electron chi connectivity index (χ4n) is 2.86. The molecule has 0 bridgehead atoms. The lowest BCUT2D eigenvalue weighted by Gasteiger charge is -2.09. The summed E-state index contributed by atoms with van der Waals surface area (Å²) >= 11 is 0.675. The van der Waals surface area contributed by atoms with Crippen molar-refractivity contribution in [3.63, 3.8) is 0 Å². The van der Waals surface area contributed by atoms with E-state index in [0.29, 0.717) is 44.2 Å². The van der Waals surface area contributed by atoms with E-state index in [2.05, 4.69) is 0 Å². The summed E-state index contributed by atoms with van der Waals surface area (Å²) in [7, 11) is -4.28. The van der Waals surface area contributed by atoms with E-state index in [9.17, 15) is 21.6 Å². The first kappa shape index (κ1) is 23.8. The largest absolute Gasteiger partial charge is 0.497 e. The molecular formula is C21H20O8S3. The first-order valence-electron chi connectivity index (χ1n) is 9.06. The average molecular weight is 497 g/mol. The maximum absolute atomic E-state index is 12.8. The van der Waals surface area contributed by atoms with Crippen molar-refractivity contribution >= 4 is 47.2 Å². The second-order valence-electron chi connectivity index (χ2n) is 6.61. The van der Waals surface area contributed by atoms with Gasteiger partial charge in [-0.15, -0.1) is 0 Å². The van der Waals surface area contributed by atoms with Crippen molar-refractivity contribution in [2.45, 2.75) is 4.90 Å². The van der Waals surface area contributed by atoms with Crippen molar-refractivity contribution in [1.82, 2.24) is 0 Å². The highest BCUT2D eigenvalue weighted by Gasteiger charge is 2.26. The van der Waals surface area contributed by atoms with Gasteiger partial charge in [0.25, 0.3) is 4.74 Å². The van der Waals surface area contributed by atoms with Crippen molar-refractivity contribution in [1.29, 1.82) is 0 Å². The van der Waals surface area contributed by atoms with Crippen molar-refractivity contribution < 1.29 is 31.0 Å². The Bertz CT molecular complexity index is 1430. The summed E-state index contributed by atoms with van der Waals surface area (Å²) in [5, 5.41) is -0.0617. The highest BCUT2D eigenvalue weighted by molar-refractivity contribution is 8.09. The Kier molecular flexibility index (Phi) is 6.91. The van der Waals surface area contributed by atoms with Gasteiger partial charge in [-0.25, -0.2) is 16.8 Å². The van der Waals surface area contributed by atoms with Crippen molar-refractivity contribution in [2.75, 3.05) is 26.4 Å². The molecule has 0 atom stereocenters. The first-order chi connectivity index (χ1) is 15.1. The number of hydrogen-bond acceptors (Lipinski definition) is 9. The Morgan fingerprint density at radius 2 is 1.53 bits per heavy atom. The molecule has 11 heteroatoms. The van der Waals surface area contributed by atoms with Crippen LogP contribution < -0.4 is 19.0 Å². The zero-order valence-electron chi connectivity index (χ0n) is 17.4. The molecular weight excluding hydrogens is 476 g/mol. The number of sulfone groups is 2. The highest BCUT2D eigenvalue weighted by atomic mass is 32.3. The minimum absolute atomic E-state index is 0.300. The minimum atomic E-state index is -4.44. The van der Waals surface area contributed by atoms with Crippen LogP contribution in [0.5, 0.6) is 17.2 Å². The van der Waals surface area contributed by atoms with Crippen LogP contribution in [0.3, 0.4) is 0 Å². The third kappa shape index (κ3) is 5.29. The molecule has 170 valence electrons. The molecule has 1 aromatic heterocycles. The van der Waals surface area contributed by atoms with E-state index in [-0.39, 0.29) is 0 Å². The van der Waals surface area contributed by atoms with Crippen LogP contribution in [0, 0.1) is 0 Å². The van der Waals surface area contributed by atoms with Gasteiger partial charge in [0.05, 0.1) is 21.3 Å². The Morgan fingerprint density at radius 3 is 2.12 bits per heavy atom. The van der Waals surface area contributed by atoms with Crippen LogP contribution in [0.25, 0.3) is 16.2 Å². The molecule has 3 aromatic rings. The van der Waals surface area contributed by atoms with Gasteiger partial charge in [-0.05, 0) is 35.9 Å². The second-order valence-corrected chi connectivity index (χ2v) is 11.8. The van der Waals surface area contributed by atoms with Crippen LogP contribution in [-0.4, -0.2) is 43.2 Å². The summed E-state index contributed by atoms with van der Waals surface area (Å²) in [6, 6.07) is 10.8. The van der Waals surface area contributed by atoms with Crippen LogP contribution in [0.15, 0.2) is 57.6 Å². The molecule has 3 rings (SSSR count). The normalized spacial score (nSPS) is 12.2. The van der Waals surface area contributed by atoms with Gasteiger partial charge in [-0.2, -0.15) is 0 Å². The van der Waals surface area contributed by atoms with Gasteiger partial charge in [0.2, 0.25) is 0 Å². The van der Waals surface area contributed by atoms with Crippen LogP contribution in [-0.2, 0) is 19.7 Å². The van der Waals surface area contributed by atoms with Gasteiger partial charge < -0.3 is 14.2 Å². The molecule has 1 heterocycles. The lowest BCUT2D eigenvalue weighted by molar-refractivity contribution is 0.398. The predicted octanol–water partition coefficient (Wildman–Crippen LogP) is 3.10. The van der Waals surface area contributed by atoms with E-state index in [4.69, 9.17) is 14.2 Å². The molecule has 0 saturated heterocycles. The number of benzene rings is 2. The summed E-state index contributed by atoms with van der Waals surface area (Å²) in [5.74, 6) is 1.34. The molecule has 0 unspecified atom stereocenters. The number of hydrogen-bond donors (Lipinski definition) is 0. The van der Waals surface area contributed by atoms with E-state index < -0.39 is 34.4 Å². The Balaban J connectivity index is 1.96. The summed E-state index contributed by atoms with van der Waals surface area (Å²) in [6.07, 6.45) is 1.28. The molecule has 0 aliphatic heterocycles. The van der Waals surface area contributed by atoms with E-state index in [1.54, 1.807) is 36.4 Å². The third-order valence-corrected chi connectivity index (χ3v) is 9.62. The molecule has 0 N–H and O–H groups in total. The van der Waals surface area contributed by atoms with E-state index in [1.807, 2.05) is 0 Å². The number of fused-ring (bicyclic) bond motifs is 1. The zero-order valence-corrected chi connectivity index (χ0v) is 19.8. The molecule has 0 aliphatic carbocycles. The summed E-state index contributed by atoms with van der Waals surface area (Å²) in [4.78, 5) is 11.9. The SMILES string of the molecule is COc1ccc(C=CS(=O)(=O)CS(=O)(=O)c2cc3c(OC)cc(OC)cc3sc2=O)cc1. The number of methoxy groups -OCH3 is 3. The zero-order chi connectivity index (χ0) is 23.5. The fourth-order valence-corrected chi connectivity index (χ4v) is 7.64. The van der Waals surface area contributed by atoms with Gasteiger partial charge in [-0.1, -0.05) is 23.5 Å². The molecule has 0 saturated carbocycles. The van der Waals surface area contributed by atoms with Gasteiger partial charge in [0.1, 0.15) is 22.1 Å². The predicted molar refractivity (Wildman–Crippen MR) is 124 cm³/mol. The topological polar surface area (TPSA) is 113 Å². The lowest BCUT2D eigenvalue weighted by Crippen LogP contribution is -2.20. The molecule has 0 fully saturated rings. The maximum Gasteiger partial charge on any atom is 0.251 e. The third-order valence-electron chi connectivity index (χ3n) is 4.45. The molecule has 0 aliphatic rings. The Hall–Kier alpha value is -2.89. The summed E-state index contributed by atoms with van der Waals surface area (Å²) in [6.45, 7) is 0. The van der Waals surface area contributed by atoms with E-state index in [1.165, 1.54) is 27.4 Å². The molecule has 2 aromatic carbocycles. The first-order valence-corrected chi connectivity index (χ1v) is 13.2. The number of ether oxygens (including phenoxy) is 3. The van der Waals surface area contributed by atoms with Gasteiger partial charge in [0.15, 0.2) is 24.8 Å². The van der Waals surface area contributed by atoms with Gasteiger partial charge in [0, 0.05) is 21.6 Å². The molecule has 8 nitrogen and oxygen atoms in total. The Labute approximate surface area is 189 Å². The van der Waals surface area contributed by atoms with E-state index in [0.717, 1.165) is 11.5 Å². The molecule has 0 radical (unpaired) electrons. The molecule has 0 spiro atoms. The van der Waals surface area contributed by atoms with Crippen molar-refractivity contribution in [3.05, 3.63) is 63.0 Å². The van der Waals surface area contributed by atoms with Crippen molar-refractivity contribution in [2.24, 2.45) is 0 Å². The Morgan fingerprint density at radius 1 is 0.875 bits per heavy atom. The van der Waals surface area contributed by atoms with E-state index >= 15 is 0 Å². The lowest BCUT2D eigenvalue weighted by atomic mass is 10.2.